The second-order valence-electron chi connectivity index (χ2n) is 6.22. The van der Waals surface area contributed by atoms with Crippen LogP contribution in [-0.4, -0.2) is 79.3 Å². The van der Waals surface area contributed by atoms with Gasteiger partial charge in [0.1, 0.15) is 0 Å². The first-order valence-electron chi connectivity index (χ1n) is 8.20. The molecule has 3 rings (SSSR count). The summed E-state index contributed by atoms with van der Waals surface area (Å²) in [7, 11) is 0. The summed E-state index contributed by atoms with van der Waals surface area (Å²) in [5.41, 5.74) is 0. The van der Waals surface area contributed by atoms with Crippen LogP contribution >= 0.6 is 0 Å². The quantitative estimate of drug-likeness (QED) is 0.729. The lowest BCUT2D eigenvalue weighted by Gasteiger charge is -2.32. The van der Waals surface area contributed by atoms with Crippen LogP contribution in [0, 0.1) is 0 Å². The van der Waals surface area contributed by atoms with E-state index in [0.29, 0.717) is 6.04 Å². The maximum Gasteiger partial charge on any atom is 0.320 e. The van der Waals surface area contributed by atoms with Crippen molar-refractivity contribution >= 4 is 6.03 Å². The molecule has 5 nitrogen and oxygen atoms in total. The summed E-state index contributed by atoms with van der Waals surface area (Å²) in [5, 5.41) is 0. The van der Waals surface area contributed by atoms with E-state index in [2.05, 4.69) is 14.7 Å². The van der Waals surface area contributed by atoms with Crippen LogP contribution in [0.3, 0.4) is 0 Å². The first kappa shape index (κ1) is 14.1. The molecule has 0 radical (unpaired) electrons. The van der Waals surface area contributed by atoms with Crippen molar-refractivity contribution in [2.75, 3.05) is 52.5 Å². The molecule has 114 valence electrons. The van der Waals surface area contributed by atoms with Gasteiger partial charge < -0.3 is 14.5 Å². The summed E-state index contributed by atoms with van der Waals surface area (Å²) in [5.74, 6) is 0. The minimum atomic E-state index is 0.280. The Balaban J connectivity index is 1.51. The van der Waals surface area contributed by atoms with Crippen molar-refractivity contribution in [3.05, 3.63) is 0 Å². The number of carbonyl (C=O) groups excluding carboxylic acids is 1. The van der Waals surface area contributed by atoms with Crippen molar-refractivity contribution in [3.8, 4) is 0 Å². The molecular weight excluding hydrogens is 254 g/mol. The van der Waals surface area contributed by atoms with E-state index >= 15 is 0 Å². The number of hydrogen-bond donors (Lipinski definition) is 0. The highest BCUT2D eigenvalue weighted by molar-refractivity contribution is 5.74. The number of amides is 2. The summed E-state index contributed by atoms with van der Waals surface area (Å²) in [6.07, 6.45) is 6.03. The first-order valence-corrected chi connectivity index (χ1v) is 8.20. The molecule has 0 N–H and O–H groups in total. The molecule has 3 saturated heterocycles. The molecule has 1 atom stereocenters. The fourth-order valence-electron chi connectivity index (χ4n) is 3.62. The molecule has 0 aromatic heterocycles. The second kappa shape index (κ2) is 6.76. The smallest absolute Gasteiger partial charge is 0.320 e. The second-order valence-corrected chi connectivity index (χ2v) is 6.22. The van der Waals surface area contributed by atoms with Crippen LogP contribution in [0.15, 0.2) is 0 Å². The topological polar surface area (TPSA) is 36.0 Å². The van der Waals surface area contributed by atoms with E-state index < -0.39 is 0 Å². The third-order valence-corrected chi connectivity index (χ3v) is 4.87. The SMILES string of the molecule is O=C(N1CCCCCC1)N1CCC(N2CCOCC2)C1. The van der Waals surface area contributed by atoms with Gasteiger partial charge in [0.15, 0.2) is 0 Å². The molecule has 1 unspecified atom stereocenters. The van der Waals surface area contributed by atoms with Crippen molar-refractivity contribution in [3.63, 3.8) is 0 Å². The minimum absolute atomic E-state index is 0.280. The Morgan fingerprint density at radius 3 is 2.25 bits per heavy atom. The molecule has 3 heterocycles. The van der Waals surface area contributed by atoms with Gasteiger partial charge >= 0.3 is 6.03 Å². The van der Waals surface area contributed by atoms with E-state index in [4.69, 9.17) is 4.74 Å². The Morgan fingerprint density at radius 2 is 1.55 bits per heavy atom. The fourth-order valence-corrected chi connectivity index (χ4v) is 3.62. The molecule has 3 aliphatic heterocycles. The monoisotopic (exact) mass is 281 g/mol. The standard InChI is InChI=1S/C15H27N3O2/c19-15(17-6-3-1-2-4-7-17)18-8-5-14(13-18)16-9-11-20-12-10-16/h14H,1-13H2. The summed E-state index contributed by atoms with van der Waals surface area (Å²) >= 11 is 0. The van der Waals surface area contributed by atoms with Crippen LogP contribution in [0.1, 0.15) is 32.1 Å². The van der Waals surface area contributed by atoms with Gasteiger partial charge in [-0.3, -0.25) is 4.90 Å². The van der Waals surface area contributed by atoms with Crippen molar-refractivity contribution in [1.82, 2.24) is 14.7 Å². The van der Waals surface area contributed by atoms with E-state index in [1.165, 1.54) is 25.7 Å². The van der Waals surface area contributed by atoms with Gasteiger partial charge in [-0.1, -0.05) is 12.8 Å². The zero-order valence-corrected chi connectivity index (χ0v) is 12.4. The predicted octanol–water partition coefficient (Wildman–Crippen LogP) is 1.39. The molecule has 3 aliphatic rings. The fraction of sp³-hybridized carbons (Fsp3) is 0.933. The largest absolute Gasteiger partial charge is 0.379 e. The van der Waals surface area contributed by atoms with E-state index in [9.17, 15) is 4.79 Å². The number of ether oxygens (including phenoxy) is 1. The van der Waals surface area contributed by atoms with Crippen LogP contribution in [0.4, 0.5) is 4.79 Å². The highest BCUT2D eigenvalue weighted by Crippen LogP contribution is 2.20. The van der Waals surface area contributed by atoms with E-state index in [0.717, 1.165) is 58.9 Å². The predicted molar refractivity (Wildman–Crippen MR) is 77.8 cm³/mol. The van der Waals surface area contributed by atoms with E-state index in [1.54, 1.807) is 0 Å². The minimum Gasteiger partial charge on any atom is -0.379 e. The summed E-state index contributed by atoms with van der Waals surface area (Å²) in [4.78, 5) is 19.2. The lowest BCUT2D eigenvalue weighted by molar-refractivity contribution is 0.0189. The van der Waals surface area contributed by atoms with Crippen LogP contribution < -0.4 is 0 Å². The normalized spacial score (nSPS) is 29.5. The number of rotatable bonds is 1. The van der Waals surface area contributed by atoms with Crippen LogP contribution in [0.25, 0.3) is 0 Å². The maximum atomic E-state index is 12.6. The van der Waals surface area contributed by atoms with Gasteiger partial charge in [0.2, 0.25) is 0 Å². The number of carbonyl (C=O) groups is 1. The zero-order valence-electron chi connectivity index (χ0n) is 12.4. The van der Waals surface area contributed by atoms with Gasteiger partial charge in [0.25, 0.3) is 0 Å². The van der Waals surface area contributed by atoms with Crippen LogP contribution in [0.5, 0.6) is 0 Å². The molecular formula is C15H27N3O2. The number of hydrogen-bond acceptors (Lipinski definition) is 3. The van der Waals surface area contributed by atoms with Gasteiger partial charge in [0.05, 0.1) is 13.2 Å². The number of nitrogens with zero attached hydrogens (tertiary/aromatic N) is 3. The average Bonchev–Trinajstić information content (AvgIpc) is 2.83. The van der Waals surface area contributed by atoms with Gasteiger partial charge in [0, 0.05) is 45.3 Å². The Bertz CT molecular complexity index is 323. The molecule has 20 heavy (non-hydrogen) atoms. The summed E-state index contributed by atoms with van der Waals surface area (Å²) in [6.45, 7) is 7.49. The molecule has 0 saturated carbocycles. The van der Waals surface area contributed by atoms with Gasteiger partial charge in [-0.2, -0.15) is 0 Å². The van der Waals surface area contributed by atoms with Crippen LogP contribution in [-0.2, 0) is 4.74 Å². The molecule has 0 bridgehead atoms. The zero-order chi connectivity index (χ0) is 13.8. The van der Waals surface area contributed by atoms with E-state index in [1.807, 2.05) is 0 Å². The Labute approximate surface area is 121 Å². The Kier molecular flexibility index (Phi) is 4.78. The molecule has 0 spiro atoms. The van der Waals surface area contributed by atoms with Crippen LogP contribution in [0.2, 0.25) is 0 Å². The Morgan fingerprint density at radius 1 is 0.850 bits per heavy atom. The van der Waals surface area contributed by atoms with Gasteiger partial charge in [-0.05, 0) is 19.3 Å². The molecule has 0 aromatic carbocycles. The van der Waals surface area contributed by atoms with Gasteiger partial charge in [-0.25, -0.2) is 4.79 Å². The molecule has 0 aromatic rings. The number of morpholine rings is 1. The van der Waals surface area contributed by atoms with Crippen molar-refractivity contribution in [2.24, 2.45) is 0 Å². The molecule has 0 aliphatic carbocycles. The lowest BCUT2D eigenvalue weighted by atomic mass is 10.2. The highest BCUT2D eigenvalue weighted by atomic mass is 16.5. The van der Waals surface area contributed by atoms with Gasteiger partial charge in [-0.15, -0.1) is 0 Å². The van der Waals surface area contributed by atoms with Crippen molar-refractivity contribution in [2.45, 2.75) is 38.1 Å². The lowest BCUT2D eigenvalue weighted by Crippen LogP contribution is -2.47. The summed E-state index contributed by atoms with van der Waals surface area (Å²) in [6, 6.07) is 0.831. The number of urea groups is 1. The first-order chi connectivity index (χ1) is 9.84. The maximum absolute atomic E-state index is 12.6. The van der Waals surface area contributed by atoms with Crippen molar-refractivity contribution < 1.29 is 9.53 Å². The Hall–Kier alpha value is -0.810. The number of likely N-dealkylation sites (tertiary alicyclic amines) is 2. The molecule has 2 amide bonds. The molecule has 5 heteroatoms. The van der Waals surface area contributed by atoms with E-state index in [-0.39, 0.29) is 6.03 Å². The highest BCUT2D eigenvalue weighted by Gasteiger charge is 2.33. The molecule has 3 fully saturated rings. The third kappa shape index (κ3) is 3.26. The average molecular weight is 281 g/mol. The van der Waals surface area contributed by atoms with Crippen molar-refractivity contribution in [1.29, 1.82) is 0 Å². The third-order valence-electron chi connectivity index (χ3n) is 4.87. The summed E-state index contributed by atoms with van der Waals surface area (Å²) < 4.78 is 5.41.